The molecule has 0 spiro atoms. The van der Waals surface area contributed by atoms with E-state index in [0.29, 0.717) is 26.1 Å². The van der Waals surface area contributed by atoms with E-state index in [4.69, 9.17) is 18.9 Å². The SMILES string of the molecule is COC1(OC)C[C@@H](COCc2ccccc2)O[C@@H](CO)C1. The van der Waals surface area contributed by atoms with Crippen molar-refractivity contribution in [3.63, 3.8) is 0 Å². The van der Waals surface area contributed by atoms with Crippen LogP contribution < -0.4 is 0 Å². The van der Waals surface area contributed by atoms with E-state index >= 15 is 0 Å². The second-order valence-electron chi connectivity index (χ2n) is 5.29. The highest BCUT2D eigenvalue weighted by molar-refractivity contribution is 5.13. The van der Waals surface area contributed by atoms with E-state index in [-0.39, 0.29) is 18.8 Å². The largest absolute Gasteiger partial charge is 0.394 e. The van der Waals surface area contributed by atoms with E-state index in [1.165, 1.54) is 0 Å². The van der Waals surface area contributed by atoms with Gasteiger partial charge < -0.3 is 24.1 Å². The highest BCUT2D eigenvalue weighted by atomic mass is 16.7. The molecule has 21 heavy (non-hydrogen) atoms. The molecule has 0 aromatic heterocycles. The van der Waals surface area contributed by atoms with E-state index in [2.05, 4.69) is 0 Å². The van der Waals surface area contributed by atoms with Crippen molar-refractivity contribution in [3.8, 4) is 0 Å². The number of methoxy groups -OCH3 is 2. The molecule has 5 nitrogen and oxygen atoms in total. The Balaban J connectivity index is 1.86. The first-order chi connectivity index (χ1) is 10.2. The summed E-state index contributed by atoms with van der Waals surface area (Å²) in [6, 6.07) is 9.99. The number of aliphatic hydroxyl groups is 1. The summed E-state index contributed by atoms with van der Waals surface area (Å²) in [7, 11) is 3.23. The van der Waals surface area contributed by atoms with Crippen molar-refractivity contribution in [2.24, 2.45) is 0 Å². The quantitative estimate of drug-likeness (QED) is 0.777. The number of benzene rings is 1. The second-order valence-corrected chi connectivity index (χ2v) is 5.29. The Labute approximate surface area is 125 Å². The molecule has 2 atom stereocenters. The Morgan fingerprint density at radius 1 is 1.14 bits per heavy atom. The Kier molecular flexibility index (Phi) is 6.14. The van der Waals surface area contributed by atoms with E-state index in [1.807, 2.05) is 30.3 Å². The van der Waals surface area contributed by atoms with Gasteiger partial charge >= 0.3 is 0 Å². The molecule has 1 heterocycles. The van der Waals surface area contributed by atoms with Crippen LogP contribution >= 0.6 is 0 Å². The molecule has 0 amide bonds. The summed E-state index contributed by atoms with van der Waals surface area (Å²) in [6.07, 6.45) is 0.667. The molecule has 1 aromatic carbocycles. The van der Waals surface area contributed by atoms with Crippen LogP contribution in [0.1, 0.15) is 18.4 Å². The first-order valence-electron chi connectivity index (χ1n) is 7.19. The summed E-state index contributed by atoms with van der Waals surface area (Å²) < 4.78 is 22.5. The first kappa shape index (κ1) is 16.4. The van der Waals surface area contributed by atoms with Crippen LogP contribution in [0.5, 0.6) is 0 Å². The summed E-state index contributed by atoms with van der Waals surface area (Å²) >= 11 is 0. The van der Waals surface area contributed by atoms with Gasteiger partial charge in [0.1, 0.15) is 0 Å². The fraction of sp³-hybridized carbons (Fsp3) is 0.625. The lowest BCUT2D eigenvalue weighted by Crippen LogP contribution is -2.50. The molecule has 1 aliphatic heterocycles. The summed E-state index contributed by atoms with van der Waals surface area (Å²) in [5.41, 5.74) is 1.12. The smallest absolute Gasteiger partial charge is 0.172 e. The molecule has 118 valence electrons. The maximum absolute atomic E-state index is 9.36. The van der Waals surface area contributed by atoms with Gasteiger partial charge in [-0.2, -0.15) is 0 Å². The van der Waals surface area contributed by atoms with Crippen molar-refractivity contribution in [2.75, 3.05) is 27.4 Å². The molecule has 1 aliphatic rings. The summed E-state index contributed by atoms with van der Waals surface area (Å²) in [5, 5.41) is 9.36. The minimum Gasteiger partial charge on any atom is -0.394 e. The van der Waals surface area contributed by atoms with Crippen molar-refractivity contribution in [1.29, 1.82) is 0 Å². The summed E-state index contributed by atoms with van der Waals surface area (Å²) in [6.45, 7) is 0.932. The zero-order chi connectivity index (χ0) is 15.1. The lowest BCUT2D eigenvalue weighted by Gasteiger charge is -2.42. The first-order valence-corrected chi connectivity index (χ1v) is 7.19. The monoisotopic (exact) mass is 296 g/mol. The van der Waals surface area contributed by atoms with Gasteiger partial charge in [0.15, 0.2) is 5.79 Å². The third-order valence-corrected chi connectivity index (χ3v) is 3.83. The van der Waals surface area contributed by atoms with E-state index < -0.39 is 5.79 Å². The molecule has 1 fully saturated rings. The number of hydrogen-bond donors (Lipinski definition) is 1. The molecule has 2 rings (SSSR count). The third kappa shape index (κ3) is 4.49. The van der Waals surface area contributed by atoms with Crippen molar-refractivity contribution in [1.82, 2.24) is 0 Å². The molecule has 0 unspecified atom stereocenters. The fourth-order valence-electron chi connectivity index (χ4n) is 2.65. The summed E-state index contributed by atoms with van der Waals surface area (Å²) in [4.78, 5) is 0. The standard InChI is InChI=1S/C16H24O5/c1-18-16(19-2)8-14(10-17)21-15(9-16)12-20-11-13-6-4-3-5-7-13/h3-7,14-15,17H,8-12H2,1-2H3/t14-,15+/m1/s1. The van der Waals surface area contributed by atoms with E-state index in [0.717, 1.165) is 5.56 Å². The Morgan fingerprint density at radius 2 is 1.81 bits per heavy atom. The van der Waals surface area contributed by atoms with Crippen LogP contribution in [0.15, 0.2) is 30.3 Å². The van der Waals surface area contributed by atoms with Crippen molar-refractivity contribution in [2.45, 2.75) is 37.4 Å². The Bertz CT molecular complexity index is 404. The van der Waals surface area contributed by atoms with Crippen molar-refractivity contribution in [3.05, 3.63) is 35.9 Å². The zero-order valence-corrected chi connectivity index (χ0v) is 12.7. The lowest BCUT2D eigenvalue weighted by atomic mass is 9.97. The minimum atomic E-state index is -0.702. The van der Waals surface area contributed by atoms with E-state index in [9.17, 15) is 5.11 Å². The number of rotatable bonds is 7. The lowest BCUT2D eigenvalue weighted by molar-refractivity contribution is -0.280. The van der Waals surface area contributed by atoms with Crippen LogP contribution in [0.25, 0.3) is 0 Å². The molecule has 1 N–H and O–H groups in total. The maximum Gasteiger partial charge on any atom is 0.172 e. The molecule has 5 heteroatoms. The molecule has 0 bridgehead atoms. The molecule has 1 aromatic rings. The Hall–Kier alpha value is -0.980. The molecule has 0 aliphatic carbocycles. The van der Waals surface area contributed by atoms with Gasteiger partial charge in [0, 0.05) is 27.1 Å². The maximum atomic E-state index is 9.36. The van der Waals surface area contributed by atoms with Crippen LogP contribution in [-0.2, 0) is 25.6 Å². The predicted octanol–water partition coefficient (Wildman–Crippen LogP) is 1.73. The third-order valence-electron chi connectivity index (χ3n) is 3.83. The number of ether oxygens (including phenoxy) is 4. The topological polar surface area (TPSA) is 57.2 Å². The van der Waals surface area contributed by atoms with Crippen LogP contribution in [-0.4, -0.2) is 50.5 Å². The van der Waals surface area contributed by atoms with Gasteiger partial charge in [0.05, 0.1) is 32.0 Å². The Morgan fingerprint density at radius 3 is 2.43 bits per heavy atom. The van der Waals surface area contributed by atoms with Gasteiger partial charge in [-0.15, -0.1) is 0 Å². The normalized spacial score (nSPS) is 24.9. The average molecular weight is 296 g/mol. The molecular weight excluding hydrogens is 272 g/mol. The van der Waals surface area contributed by atoms with Gasteiger partial charge in [-0.1, -0.05) is 30.3 Å². The van der Waals surface area contributed by atoms with Gasteiger partial charge in [-0.05, 0) is 5.56 Å². The summed E-state index contributed by atoms with van der Waals surface area (Å²) in [5.74, 6) is -0.702. The average Bonchev–Trinajstić information content (AvgIpc) is 2.55. The number of aliphatic hydroxyl groups excluding tert-OH is 1. The van der Waals surface area contributed by atoms with Crippen molar-refractivity contribution < 1.29 is 24.1 Å². The molecular formula is C16H24O5. The van der Waals surface area contributed by atoms with Crippen molar-refractivity contribution >= 4 is 0 Å². The second kappa shape index (κ2) is 7.87. The van der Waals surface area contributed by atoms with Crippen LogP contribution in [0.3, 0.4) is 0 Å². The predicted molar refractivity (Wildman–Crippen MR) is 77.8 cm³/mol. The zero-order valence-electron chi connectivity index (χ0n) is 12.7. The van der Waals surface area contributed by atoms with Gasteiger partial charge in [0.25, 0.3) is 0 Å². The number of hydrogen-bond acceptors (Lipinski definition) is 5. The van der Waals surface area contributed by atoms with Crippen LogP contribution in [0.4, 0.5) is 0 Å². The van der Waals surface area contributed by atoms with Gasteiger partial charge in [-0.25, -0.2) is 0 Å². The molecule has 1 saturated heterocycles. The van der Waals surface area contributed by atoms with E-state index in [1.54, 1.807) is 14.2 Å². The minimum absolute atomic E-state index is 0.0519. The van der Waals surface area contributed by atoms with Crippen LogP contribution in [0.2, 0.25) is 0 Å². The molecule has 0 saturated carbocycles. The highest BCUT2D eigenvalue weighted by Gasteiger charge is 2.41. The fourth-order valence-corrected chi connectivity index (χ4v) is 2.65. The van der Waals surface area contributed by atoms with Gasteiger partial charge in [0.2, 0.25) is 0 Å². The van der Waals surface area contributed by atoms with Gasteiger partial charge in [-0.3, -0.25) is 0 Å². The molecule has 0 radical (unpaired) electrons. The highest BCUT2D eigenvalue weighted by Crippen LogP contribution is 2.32. The van der Waals surface area contributed by atoms with Crippen LogP contribution in [0, 0.1) is 0 Å².